The van der Waals surface area contributed by atoms with Crippen LogP contribution in [0.3, 0.4) is 0 Å². The third-order valence-corrected chi connectivity index (χ3v) is 4.49. The third kappa shape index (κ3) is 3.83. The molecule has 0 amide bonds. The van der Waals surface area contributed by atoms with Crippen molar-refractivity contribution in [2.24, 2.45) is 0 Å². The Bertz CT molecular complexity index is 620. The molecule has 1 N–H and O–H groups in total. The van der Waals surface area contributed by atoms with Crippen LogP contribution in [0.25, 0.3) is 0 Å². The van der Waals surface area contributed by atoms with Gasteiger partial charge < -0.3 is 5.32 Å². The summed E-state index contributed by atoms with van der Waals surface area (Å²) in [6.45, 7) is 3.85. The fraction of sp³-hybridized carbons (Fsp3) is 0.400. The predicted molar refractivity (Wildman–Crippen MR) is 78.5 cm³/mol. The molecule has 0 spiro atoms. The summed E-state index contributed by atoms with van der Waals surface area (Å²) in [5.41, 5.74) is 0.991. The Labute approximate surface area is 126 Å². The van der Waals surface area contributed by atoms with Gasteiger partial charge in [0, 0.05) is 10.9 Å². The van der Waals surface area contributed by atoms with Crippen molar-refractivity contribution in [3.05, 3.63) is 51.0 Å². The van der Waals surface area contributed by atoms with Crippen LogP contribution in [-0.2, 0) is 12.6 Å². The van der Waals surface area contributed by atoms with E-state index in [1.54, 1.807) is 17.4 Å². The minimum absolute atomic E-state index is 0.0281. The molecule has 0 aliphatic carbocycles. The minimum Gasteiger partial charge on any atom is -0.312 e. The summed E-state index contributed by atoms with van der Waals surface area (Å²) in [5.74, 6) is 0. The average Bonchev–Trinajstić information content (AvgIpc) is 2.74. The highest BCUT2D eigenvalue weighted by Gasteiger charge is 2.30. The molecule has 1 unspecified atom stereocenters. The number of nitrogens with one attached hydrogen (secondary N) is 1. The van der Waals surface area contributed by atoms with Gasteiger partial charge in [0.05, 0.1) is 16.3 Å². The quantitative estimate of drug-likeness (QED) is 0.911. The van der Waals surface area contributed by atoms with Crippen LogP contribution in [0.5, 0.6) is 0 Å². The summed E-state index contributed by atoms with van der Waals surface area (Å²) < 4.78 is 38.3. The molecule has 2 nitrogen and oxygen atoms in total. The SMILES string of the molecule is CNC(Cc1cccc(C(F)(F)F)c1)c1sc(C)nc1C. The van der Waals surface area contributed by atoms with Gasteiger partial charge in [0.25, 0.3) is 0 Å². The summed E-state index contributed by atoms with van der Waals surface area (Å²) in [5, 5.41) is 4.13. The van der Waals surface area contributed by atoms with Crippen LogP contribution in [-0.4, -0.2) is 12.0 Å². The molecular weight excluding hydrogens is 297 g/mol. The average molecular weight is 314 g/mol. The highest BCUT2D eigenvalue weighted by molar-refractivity contribution is 7.11. The lowest BCUT2D eigenvalue weighted by Crippen LogP contribution is -2.19. The number of hydrogen-bond donors (Lipinski definition) is 1. The maximum Gasteiger partial charge on any atom is 0.416 e. The molecule has 1 aromatic heterocycles. The second-order valence-corrected chi connectivity index (χ2v) is 6.16. The van der Waals surface area contributed by atoms with E-state index in [-0.39, 0.29) is 6.04 Å². The molecule has 1 heterocycles. The number of aromatic nitrogens is 1. The van der Waals surface area contributed by atoms with E-state index >= 15 is 0 Å². The van der Waals surface area contributed by atoms with E-state index in [9.17, 15) is 13.2 Å². The maximum absolute atomic E-state index is 12.8. The Kier molecular flexibility index (Phi) is 4.68. The van der Waals surface area contributed by atoms with Crippen molar-refractivity contribution in [3.63, 3.8) is 0 Å². The first-order chi connectivity index (χ1) is 9.81. The molecule has 0 fully saturated rings. The van der Waals surface area contributed by atoms with Gasteiger partial charge in [-0.3, -0.25) is 0 Å². The lowest BCUT2D eigenvalue weighted by atomic mass is 10.0. The zero-order valence-corrected chi connectivity index (χ0v) is 12.9. The van der Waals surface area contributed by atoms with Crippen molar-refractivity contribution in [2.45, 2.75) is 32.5 Å². The van der Waals surface area contributed by atoms with Gasteiger partial charge >= 0.3 is 6.18 Å². The highest BCUT2D eigenvalue weighted by Crippen LogP contribution is 2.31. The molecule has 1 atom stereocenters. The van der Waals surface area contributed by atoms with Crippen LogP contribution in [0.2, 0.25) is 0 Å². The number of hydrogen-bond acceptors (Lipinski definition) is 3. The largest absolute Gasteiger partial charge is 0.416 e. The fourth-order valence-electron chi connectivity index (χ4n) is 2.31. The van der Waals surface area contributed by atoms with Crippen LogP contribution < -0.4 is 5.32 Å². The van der Waals surface area contributed by atoms with Crippen LogP contribution >= 0.6 is 11.3 Å². The first-order valence-corrected chi connectivity index (χ1v) is 7.40. The Hall–Kier alpha value is -1.40. The second kappa shape index (κ2) is 6.15. The zero-order valence-electron chi connectivity index (χ0n) is 12.1. The van der Waals surface area contributed by atoms with E-state index in [4.69, 9.17) is 0 Å². The Morgan fingerprint density at radius 1 is 1.29 bits per heavy atom. The predicted octanol–water partition coefficient (Wildman–Crippen LogP) is 4.28. The zero-order chi connectivity index (χ0) is 15.6. The summed E-state index contributed by atoms with van der Waals surface area (Å²) in [6, 6.07) is 5.46. The lowest BCUT2D eigenvalue weighted by molar-refractivity contribution is -0.137. The topological polar surface area (TPSA) is 24.9 Å². The van der Waals surface area contributed by atoms with E-state index in [0.717, 1.165) is 21.6 Å². The van der Waals surface area contributed by atoms with Crippen molar-refractivity contribution in [1.29, 1.82) is 0 Å². The van der Waals surface area contributed by atoms with E-state index < -0.39 is 11.7 Å². The van der Waals surface area contributed by atoms with Crippen molar-refractivity contribution < 1.29 is 13.2 Å². The molecule has 2 rings (SSSR count). The molecule has 0 aliphatic heterocycles. The molecule has 0 radical (unpaired) electrons. The van der Waals surface area contributed by atoms with E-state index in [1.807, 2.05) is 20.9 Å². The Morgan fingerprint density at radius 2 is 2.00 bits per heavy atom. The first kappa shape index (κ1) is 16.0. The van der Waals surface area contributed by atoms with Gasteiger partial charge in [0.1, 0.15) is 0 Å². The number of aryl methyl sites for hydroxylation is 2. The maximum atomic E-state index is 12.8. The molecule has 21 heavy (non-hydrogen) atoms. The van der Waals surface area contributed by atoms with Gasteiger partial charge in [-0.2, -0.15) is 13.2 Å². The monoisotopic (exact) mass is 314 g/mol. The standard InChI is InChI=1S/C15H17F3N2S/c1-9-14(21-10(2)20-9)13(19-3)8-11-5-4-6-12(7-11)15(16,17)18/h4-7,13,19H,8H2,1-3H3. The number of alkyl halides is 3. The molecule has 1 aromatic carbocycles. The summed E-state index contributed by atoms with van der Waals surface area (Å²) in [6.07, 6.45) is -3.80. The molecule has 6 heteroatoms. The molecule has 0 saturated carbocycles. The number of likely N-dealkylation sites (N-methyl/N-ethyl adjacent to an activating group) is 1. The van der Waals surface area contributed by atoms with Crippen molar-refractivity contribution in [2.75, 3.05) is 7.05 Å². The lowest BCUT2D eigenvalue weighted by Gasteiger charge is -2.16. The van der Waals surface area contributed by atoms with Crippen LogP contribution in [0.4, 0.5) is 13.2 Å². The molecule has 0 bridgehead atoms. The van der Waals surface area contributed by atoms with Gasteiger partial charge in [0.15, 0.2) is 0 Å². The molecule has 0 aliphatic rings. The van der Waals surface area contributed by atoms with Crippen molar-refractivity contribution >= 4 is 11.3 Å². The second-order valence-electron chi connectivity index (χ2n) is 4.93. The van der Waals surface area contributed by atoms with Crippen LogP contribution in [0, 0.1) is 13.8 Å². The van der Waals surface area contributed by atoms with Gasteiger partial charge in [-0.15, -0.1) is 11.3 Å². The number of benzene rings is 1. The van der Waals surface area contributed by atoms with Gasteiger partial charge in [0.2, 0.25) is 0 Å². The summed E-state index contributed by atoms with van der Waals surface area (Å²) in [4.78, 5) is 5.45. The van der Waals surface area contributed by atoms with Crippen molar-refractivity contribution in [3.8, 4) is 0 Å². The summed E-state index contributed by atoms with van der Waals surface area (Å²) in [7, 11) is 1.81. The van der Waals surface area contributed by atoms with E-state index in [0.29, 0.717) is 12.0 Å². The normalized spacial score (nSPS) is 13.4. The Morgan fingerprint density at radius 3 is 2.52 bits per heavy atom. The Balaban J connectivity index is 2.25. The van der Waals surface area contributed by atoms with Gasteiger partial charge in [-0.1, -0.05) is 18.2 Å². The van der Waals surface area contributed by atoms with E-state index in [2.05, 4.69) is 10.3 Å². The van der Waals surface area contributed by atoms with Gasteiger partial charge in [-0.05, 0) is 38.9 Å². The highest BCUT2D eigenvalue weighted by atomic mass is 32.1. The fourth-order valence-corrected chi connectivity index (χ4v) is 3.34. The molecule has 0 saturated heterocycles. The number of halogens is 3. The minimum atomic E-state index is -4.30. The number of rotatable bonds is 4. The first-order valence-electron chi connectivity index (χ1n) is 6.58. The third-order valence-electron chi connectivity index (χ3n) is 3.30. The number of thiazole rings is 1. The molecule has 114 valence electrons. The van der Waals surface area contributed by atoms with E-state index in [1.165, 1.54) is 12.1 Å². The van der Waals surface area contributed by atoms with Crippen LogP contribution in [0.15, 0.2) is 24.3 Å². The van der Waals surface area contributed by atoms with Crippen LogP contribution in [0.1, 0.15) is 32.7 Å². The summed E-state index contributed by atoms with van der Waals surface area (Å²) >= 11 is 1.58. The van der Waals surface area contributed by atoms with Gasteiger partial charge in [-0.25, -0.2) is 4.98 Å². The molecular formula is C15H17F3N2S. The number of nitrogens with zero attached hydrogens (tertiary/aromatic N) is 1. The van der Waals surface area contributed by atoms with Crippen molar-refractivity contribution in [1.82, 2.24) is 10.3 Å². The molecule has 2 aromatic rings. The smallest absolute Gasteiger partial charge is 0.312 e.